The molecule has 2 nitrogen and oxygen atoms in total. The predicted molar refractivity (Wildman–Crippen MR) is 33.7 cm³/mol. The van der Waals surface area contributed by atoms with Crippen molar-refractivity contribution in [3.05, 3.63) is 12.7 Å². The van der Waals surface area contributed by atoms with Gasteiger partial charge < -0.3 is 4.74 Å². The van der Waals surface area contributed by atoms with E-state index in [1.54, 1.807) is 6.08 Å². The van der Waals surface area contributed by atoms with Crippen molar-refractivity contribution in [2.24, 2.45) is 5.92 Å². The van der Waals surface area contributed by atoms with E-state index in [0.717, 1.165) is 6.42 Å². The third kappa shape index (κ3) is 1.11. The van der Waals surface area contributed by atoms with Gasteiger partial charge in [-0.1, -0.05) is 6.08 Å². The van der Waals surface area contributed by atoms with Crippen molar-refractivity contribution >= 4 is 0 Å². The second kappa shape index (κ2) is 2.65. The van der Waals surface area contributed by atoms with Gasteiger partial charge in [-0.3, -0.25) is 0 Å². The molecule has 0 saturated carbocycles. The molecule has 0 aromatic rings. The molecule has 1 fully saturated rings. The molecule has 1 rings (SSSR count). The zero-order chi connectivity index (χ0) is 6.69. The lowest BCUT2D eigenvalue weighted by Crippen LogP contribution is -2.09. The highest BCUT2D eigenvalue weighted by Gasteiger charge is 2.24. The molecular formula is C7H9NO. The van der Waals surface area contributed by atoms with Crippen molar-refractivity contribution < 1.29 is 4.74 Å². The minimum absolute atomic E-state index is 0.0185. The summed E-state index contributed by atoms with van der Waals surface area (Å²) in [6, 6.07) is 2.17. The highest BCUT2D eigenvalue weighted by atomic mass is 16.5. The second-order valence-corrected chi connectivity index (χ2v) is 2.10. The summed E-state index contributed by atoms with van der Waals surface area (Å²) in [6.45, 7) is 4.27. The smallest absolute Gasteiger partial charge is 0.0912 e. The average molecular weight is 123 g/mol. The Bertz CT molecular complexity index is 147. The van der Waals surface area contributed by atoms with Gasteiger partial charge in [0.2, 0.25) is 0 Å². The Balaban J connectivity index is 2.53. The van der Waals surface area contributed by atoms with Gasteiger partial charge in [0, 0.05) is 6.61 Å². The third-order valence-corrected chi connectivity index (χ3v) is 1.53. The highest BCUT2D eigenvalue weighted by molar-refractivity contribution is 4.99. The standard InChI is InChI=1S/C7H9NO/c1-2-7-6(5-8)3-4-9-7/h2,6-7H,1,3-4H2/t6-,7+/m0/s1. The Morgan fingerprint density at radius 2 is 2.56 bits per heavy atom. The maximum atomic E-state index is 8.49. The summed E-state index contributed by atoms with van der Waals surface area (Å²) in [5, 5.41) is 8.49. The van der Waals surface area contributed by atoms with Gasteiger partial charge in [-0.05, 0) is 6.42 Å². The lowest BCUT2D eigenvalue weighted by molar-refractivity contribution is 0.137. The maximum absolute atomic E-state index is 8.49. The van der Waals surface area contributed by atoms with Crippen LogP contribution >= 0.6 is 0 Å². The first kappa shape index (κ1) is 6.31. The van der Waals surface area contributed by atoms with Crippen LogP contribution in [0.4, 0.5) is 0 Å². The van der Waals surface area contributed by atoms with Crippen LogP contribution in [0, 0.1) is 17.2 Å². The van der Waals surface area contributed by atoms with E-state index < -0.39 is 0 Å². The van der Waals surface area contributed by atoms with E-state index in [0.29, 0.717) is 6.61 Å². The molecule has 0 bridgehead atoms. The first-order valence-corrected chi connectivity index (χ1v) is 3.02. The van der Waals surface area contributed by atoms with Gasteiger partial charge in [-0.2, -0.15) is 5.26 Å². The Morgan fingerprint density at radius 3 is 3.00 bits per heavy atom. The first-order chi connectivity index (χ1) is 4.38. The topological polar surface area (TPSA) is 33.0 Å². The van der Waals surface area contributed by atoms with Gasteiger partial charge in [0.15, 0.2) is 0 Å². The zero-order valence-corrected chi connectivity index (χ0v) is 5.21. The van der Waals surface area contributed by atoms with Crippen molar-refractivity contribution in [1.82, 2.24) is 0 Å². The first-order valence-electron chi connectivity index (χ1n) is 3.02. The Kier molecular flexibility index (Phi) is 1.86. The number of nitrogens with zero attached hydrogens (tertiary/aromatic N) is 1. The third-order valence-electron chi connectivity index (χ3n) is 1.53. The molecule has 1 heterocycles. The second-order valence-electron chi connectivity index (χ2n) is 2.10. The van der Waals surface area contributed by atoms with Crippen LogP contribution in [0.5, 0.6) is 0 Å². The number of nitriles is 1. The van der Waals surface area contributed by atoms with E-state index in [4.69, 9.17) is 10.00 Å². The monoisotopic (exact) mass is 123 g/mol. The predicted octanol–water partition coefficient (Wildman–Crippen LogP) is 1.10. The maximum Gasteiger partial charge on any atom is 0.0912 e. The number of rotatable bonds is 1. The lowest BCUT2D eigenvalue weighted by atomic mass is 10.0. The van der Waals surface area contributed by atoms with Gasteiger partial charge in [-0.15, -0.1) is 6.58 Å². The molecular weight excluding hydrogens is 114 g/mol. The fourth-order valence-electron chi connectivity index (χ4n) is 0.982. The van der Waals surface area contributed by atoms with Crippen LogP contribution in [-0.4, -0.2) is 12.7 Å². The molecule has 1 aliphatic rings. The summed E-state index contributed by atoms with van der Waals surface area (Å²) in [6.07, 6.45) is 2.53. The van der Waals surface area contributed by atoms with Gasteiger partial charge in [0.1, 0.15) is 0 Å². The largest absolute Gasteiger partial charge is 0.373 e. The van der Waals surface area contributed by atoms with Crippen LogP contribution in [0.15, 0.2) is 12.7 Å². The van der Waals surface area contributed by atoms with Crippen LogP contribution in [0.3, 0.4) is 0 Å². The van der Waals surface area contributed by atoms with Gasteiger partial charge in [-0.25, -0.2) is 0 Å². The molecule has 0 unspecified atom stereocenters. The molecule has 1 aliphatic heterocycles. The molecule has 0 N–H and O–H groups in total. The van der Waals surface area contributed by atoms with E-state index >= 15 is 0 Å². The van der Waals surface area contributed by atoms with Crippen molar-refractivity contribution in [1.29, 1.82) is 5.26 Å². The minimum Gasteiger partial charge on any atom is -0.373 e. The fourth-order valence-corrected chi connectivity index (χ4v) is 0.982. The molecule has 0 aromatic carbocycles. The summed E-state index contributed by atoms with van der Waals surface area (Å²) in [4.78, 5) is 0. The van der Waals surface area contributed by atoms with E-state index in [9.17, 15) is 0 Å². The molecule has 0 aromatic heterocycles. The molecule has 0 radical (unpaired) electrons. The van der Waals surface area contributed by atoms with E-state index in [-0.39, 0.29) is 12.0 Å². The lowest BCUT2D eigenvalue weighted by Gasteiger charge is -2.03. The van der Waals surface area contributed by atoms with Crippen LogP contribution in [0.25, 0.3) is 0 Å². The van der Waals surface area contributed by atoms with Crippen LogP contribution in [0.2, 0.25) is 0 Å². The van der Waals surface area contributed by atoms with Crippen molar-refractivity contribution in [3.8, 4) is 6.07 Å². The molecule has 48 valence electrons. The van der Waals surface area contributed by atoms with E-state index in [2.05, 4.69) is 12.6 Å². The fraction of sp³-hybridized carbons (Fsp3) is 0.571. The summed E-state index contributed by atoms with van der Waals surface area (Å²) >= 11 is 0. The minimum atomic E-state index is -0.0185. The number of hydrogen-bond acceptors (Lipinski definition) is 2. The van der Waals surface area contributed by atoms with Crippen LogP contribution < -0.4 is 0 Å². The SMILES string of the molecule is C=C[C@H]1OCC[C@H]1C#N. The Morgan fingerprint density at radius 1 is 1.78 bits per heavy atom. The molecule has 0 spiro atoms. The molecule has 2 heteroatoms. The Hall–Kier alpha value is -0.810. The van der Waals surface area contributed by atoms with Gasteiger partial charge >= 0.3 is 0 Å². The van der Waals surface area contributed by atoms with E-state index in [1.165, 1.54) is 0 Å². The van der Waals surface area contributed by atoms with Crippen LogP contribution in [0.1, 0.15) is 6.42 Å². The van der Waals surface area contributed by atoms with Gasteiger partial charge in [0.05, 0.1) is 18.1 Å². The van der Waals surface area contributed by atoms with Crippen molar-refractivity contribution in [2.45, 2.75) is 12.5 Å². The number of ether oxygens (including phenoxy) is 1. The zero-order valence-electron chi connectivity index (χ0n) is 5.21. The molecule has 2 atom stereocenters. The molecule has 0 amide bonds. The van der Waals surface area contributed by atoms with Gasteiger partial charge in [0.25, 0.3) is 0 Å². The summed E-state index contributed by atoms with van der Waals surface area (Å²) < 4.78 is 5.17. The van der Waals surface area contributed by atoms with Crippen molar-refractivity contribution in [3.63, 3.8) is 0 Å². The highest BCUT2D eigenvalue weighted by Crippen LogP contribution is 2.19. The summed E-state index contributed by atoms with van der Waals surface area (Å²) in [7, 11) is 0. The van der Waals surface area contributed by atoms with E-state index in [1.807, 2.05) is 0 Å². The Labute approximate surface area is 54.7 Å². The molecule has 9 heavy (non-hydrogen) atoms. The quantitative estimate of drug-likeness (QED) is 0.489. The normalized spacial score (nSPS) is 33.7. The average Bonchev–Trinajstić information content (AvgIpc) is 2.33. The molecule has 0 aliphatic carbocycles. The van der Waals surface area contributed by atoms with Crippen molar-refractivity contribution in [2.75, 3.05) is 6.61 Å². The summed E-state index contributed by atoms with van der Waals surface area (Å²) in [5.41, 5.74) is 0. The molecule has 1 saturated heterocycles. The van der Waals surface area contributed by atoms with Crippen LogP contribution in [-0.2, 0) is 4.74 Å². The number of hydrogen-bond donors (Lipinski definition) is 0. The summed E-state index contributed by atoms with van der Waals surface area (Å²) in [5.74, 6) is 0.0440.